The molecule has 9 heteroatoms. The molecule has 0 aromatic rings. The fourth-order valence-corrected chi connectivity index (χ4v) is 8.05. The molecule has 2 N–H and O–H groups in total. The Morgan fingerprint density at radius 2 is 0.976 bits per heavy atom. The van der Waals surface area contributed by atoms with Gasteiger partial charge in [0.25, 0.3) is 0 Å². The normalized spacial score (nSPS) is 31.7. The molecular weight excluding hydrogens is 553 g/mol. The third kappa shape index (κ3) is 12.7. The Morgan fingerprint density at radius 1 is 0.619 bits per heavy atom. The predicted molar refractivity (Wildman–Crippen MR) is 171 cm³/mol. The third-order valence-corrected chi connectivity index (χ3v) is 10.7. The first-order chi connectivity index (χ1) is 20.3. The molecule has 250 valence electrons. The monoisotopic (exact) mass is 619 g/mol. The van der Waals surface area contributed by atoms with E-state index in [4.69, 9.17) is 33.7 Å². The van der Waals surface area contributed by atoms with E-state index >= 15 is 0 Å². The lowest BCUT2D eigenvalue weighted by atomic mass is 9.91. The number of methoxy groups -OCH3 is 2. The lowest BCUT2D eigenvalue weighted by Gasteiger charge is -2.44. The number of rotatable bonds is 23. The van der Waals surface area contributed by atoms with E-state index in [-0.39, 0.29) is 42.5 Å². The largest absolute Gasteiger partial charge is 0.378 e. The first-order valence-corrected chi connectivity index (χ1v) is 19.0. The molecule has 42 heavy (non-hydrogen) atoms. The third-order valence-electron chi connectivity index (χ3n) is 9.17. The SMILES string of the molecule is CCCCCCCCC[C@@H]1OC[C@H](C)[C@@H](OC)[C@@H]1OP(=O)(CN)O[C@H]1[C@H](OC)[C@@H](C)CO[C@H]1CCCCCCCCC. The molecule has 2 heterocycles. The Labute approximate surface area is 258 Å². The molecule has 0 radical (unpaired) electrons. The standard InChI is InChI=1S/C33H66NO7P/c1-7-9-11-13-15-17-19-21-28-32(30(36-5)26(3)23-38-28)40-42(35,25-34)41-33-29(39-24-27(4)31(33)37-6)22-20-18-16-14-12-10-8-2/h26-33H,7-25,34H2,1-6H3/t26-,27-,28-,29-,30+,31+,32+,33+/m0/s1. The van der Waals surface area contributed by atoms with Crippen molar-refractivity contribution < 1.29 is 32.6 Å². The Balaban J connectivity index is 2.07. The summed E-state index contributed by atoms with van der Waals surface area (Å²) in [7, 11) is -0.339. The van der Waals surface area contributed by atoms with Crippen molar-refractivity contribution >= 4 is 7.60 Å². The summed E-state index contributed by atoms with van der Waals surface area (Å²) in [4.78, 5) is 0. The van der Waals surface area contributed by atoms with Gasteiger partial charge in [0.2, 0.25) is 0 Å². The zero-order valence-corrected chi connectivity index (χ0v) is 28.8. The minimum absolute atomic E-state index is 0.103. The highest BCUT2D eigenvalue weighted by molar-refractivity contribution is 7.53. The Morgan fingerprint density at radius 3 is 1.31 bits per heavy atom. The van der Waals surface area contributed by atoms with Crippen molar-refractivity contribution in [1.29, 1.82) is 0 Å². The van der Waals surface area contributed by atoms with Gasteiger partial charge in [-0.05, 0) is 12.8 Å². The van der Waals surface area contributed by atoms with Gasteiger partial charge in [-0.25, -0.2) is 0 Å². The van der Waals surface area contributed by atoms with Crippen LogP contribution >= 0.6 is 7.60 Å². The van der Waals surface area contributed by atoms with E-state index in [1.807, 2.05) is 0 Å². The van der Waals surface area contributed by atoms with Crippen LogP contribution in [0.4, 0.5) is 0 Å². The maximum absolute atomic E-state index is 14.3. The van der Waals surface area contributed by atoms with Crippen molar-refractivity contribution in [3.63, 3.8) is 0 Å². The van der Waals surface area contributed by atoms with Crippen molar-refractivity contribution in [2.24, 2.45) is 17.6 Å². The average molecular weight is 620 g/mol. The van der Waals surface area contributed by atoms with Gasteiger partial charge in [-0.3, -0.25) is 13.6 Å². The van der Waals surface area contributed by atoms with E-state index in [0.29, 0.717) is 13.2 Å². The highest BCUT2D eigenvalue weighted by Crippen LogP contribution is 2.53. The van der Waals surface area contributed by atoms with Crippen molar-refractivity contribution in [3.05, 3.63) is 0 Å². The Hall–Kier alpha value is -0.0500. The first-order valence-electron chi connectivity index (χ1n) is 17.3. The molecule has 0 saturated carbocycles. The van der Waals surface area contributed by atoms with Crippen LogP contribution in [0.25, 0.3) is 0 Å². The van der Waals surface area contributed by atoms with Crippen LogP contribution in [0.5, 0.6) is 0 Å². The molecule has 8 nitrogen and oxygen atoms in total. The van der Waals surface area contributed by atoms with Gasteiger partial charge >= 0.3 is 7.60 Å². The maximum Gasteiger partial charge on any atom is 0.345 e. The number of hydrogen-bond acceptors (Lipinski definition) is 8. The molecule has 2 fully saturated rings. The maximum atomic E-state index is 14.3. The number of ether oxygens (including phenoxy) is 4. The predicted octanol–water partition coefficient (Wildman–Crippen LogP) is 8.25. The van der Waals surface area contributed by atoms with E-state index in [0.717, 1.165) is 38.5 Å². The minimum atomic E-state index is -3.72. The number of unbranched alkanes of at least 4 members (excludes halogenated alkanes) is 12. The van der Waals surface area contributed by atoms with Crippen LogP contribution in [0, 0.1) is 11.8 Å². The molecule has 0 aliphatic carbocycles. The zero-order valence-electron chi connectivity index (χ0n) is 27.9. The van der Waals surface area contributed by atoms with Gasteiger partial charge in [0, 0.05) is 26.1 Å². The molecule has 2 aliphatic heterocycles. The lowest BCUT2D eigenvalue weighted by molar-refractivity contribution is -0.180. The van der Waals surface area contributed by atoms with Crippen LogP contribution in [0.15, 0.2) is 0 Å². The van der Waals surface area contributed by atoms with Gasteiger partial charge in [-0.1, -0.05) is 118 Å². The molecule has 0 unspecified atom stereocenters. The summed E-state index contributed by atoms with van der Waals surface area (Å²) in [5.41, 5.74) is 6.16. The van der Waals surface area contributed by atoms with Crippen LogP contribution < -0.4 is 5.73 Å². The molecule has 0 amide bonds. The summed E-state index contributed by atoms with van der Waals surface area (Å²) in [6.45, 7) is 9.83. The van der Waals surface area contributed by atoms with Crippen LogP contribution in [0.3, 0.4) is 0 Å². The fourth-order valence-electron chi connectivity index (χ4n) is 6.57. The molecule has 0 bridgehead atoms. The van der Waals surface area contributed by atoms with E-state index in [1.165, 1.54) is 64.2 Å². The van der Waals surface area contributed by atoms with Crippen molar-refractivity contribution in [2.75, 3.05) is 33.7 Å². The van der Waals surface area contributed by atoms with Crippen LogP contribution in [-0.2, 0) is 32.6 Å². The molecular formula is C33H66NO7P. The van der Waals surface area contributed by atoms with Crippen LogP contribution in [-0.4, -0.2) is 70.3 Å². The van der Waals surface area contributed by atoms with E-state index in [9.17, 15) is 4.57 Å². The zero-order chi connectivity index (χ0) is 30.8. The highest BCUT2D eigenvalue weighted by atomic mass is 31.2. The molecule has 2 saturated heterocycles. The van der Waals surface area contributed by atoms with Crippen molar-refractivity contribution in [1.82, 2.24) is 0 Å². The molecule has 2 rings (SSSR count). The molecule has 8 atom stereocenters. The van der Waals surface area contributed by atoms with Gasteiger partial charge < -0.3 is 24.7 Å². The fraction of sp³-hybridized carbons (Fsp3) is 1.00. The second-order valence-corrected chi connectivity index (χ2v) is 14.9. The Kier molecular flexibility index (Phi) is 19.7. The van der Waals surface area contributed by atoms with Gasteiger partial charge in [-0.2, -0.15) is 0 Å². The summed E-state index contributed by atoms with van der Waals surface area (Å²) in [5.74, 6) is 0.206. The molecule has 0 spiro atoms. The van der Waals surface area contributed by atoms with E-state index < -0.39 is 19.8 Å². The van der Waals surface area contributed by atoms with Gasteiger partial charge in [0.15, 0.2) is 0 Å². The second-order valence-electron chi connectivity index (χ2n) is 12.9. The quantitative estimate of drug-likeness (QED) is 0.0902. The first kappa shape index (κ1) is 38.1. The minimum Gasteiger partial charge on any atom is -0.378 e. The smallest absolute Gasteiger partial charge is 0.345 e. The van der Waals surface area contributed by atoms with Gasteiger partial charge in [-0.15, -0.1) is 0 Å². The topological polar surface area (TPSA) is 98.5 Å². The van der Waals surface area contributed by atoms with Gasteiger partial charge in [0.05, 0.1) is 43.9 Å². The molecule has 0 aromatic carbocycles. The summed E-state index contributed by atoms with van der Waals surface area (Å²) in [5, 5.41) is 0. The molecule has 2 aliphatic rings. The van der Waals surface area contributed by atoms with E-state index in [2.05, 4.69) is 27.7 Å². The number of hydrogen-bond donors (Lipinski definition) is 1. The summed E-state index contributed by atoms with van der Waals surface area (Å²) < 4.78 is 51.5. The van der Waals surface area contributed by atoms with Crippen LogP contribution in [0.2, 0.25) is 0 Å². The second kappa shape index (κ2) is 21.6. The number of nitrogens with two attached hydrogens (primary N) is 1. The molecule has 0 aromatic heterocycles. The summed E-state index contributed by atoms with van der Waals surface area (Å²) in [6.07, 6.45) is 16.6. The van der Waals surface area contributed by atoms with Crippen molar-refractivity contribution in [2.45, 2.75) is 167 Å². The average Bonchev–Trinajstić information content (AvgIpc) is 2.98. The van der Waals surface area contributed by atoms with E-state index in [1.54, 1.807) is 14.2 Å². The van der Waals surface area contributed by atoms with Gasteiger partial charge in [0.1, 0.15) is 12.2 Å². The van der Waals surface area contributed by atoms with Crippen molar-refractivity contribution in [3.8, 4) is 0 Å². The highest BCUT2D eigenvalue weighted by Gasteiger charge is 2.47. The summed E-state index contributed by atoms with van der Waals surface area (Å²) >= 11 is 0. The summed E-state index contributed by atoms with van der Waals surface area (Å²) in [6, 6.07) is 0. The van der Waals surface area contributed by atoms with Crippen LogP contribution in [0.1, 0.15) is 130 Å². The lowest BCUT2D eigenvalue weighted by Crippen LogP contribution is -2.53. The Bertz CT molecular complexity index is 675.